The molecule has 0 N–H and O–H groups in total. The second-order valence-corrected chi connectivity index (χ2v) is 8.80. The molecule has 3 aromatic carbocycles. The summed E-state index contributed by atoms with van der Waals surface area (Å²) in [5.41, 5.74) is 1.89. The van der Waals surface area contributed by atoms with Crippen molar-refractivity contribution < 1.29 is 19.1 Å². The van der Waals surface area contributed by atoms with Crippen molar-refractivity contribution in [3.8, 4) is 0 Å². The minimum atomic E-state index is -1.06. The van der Waals surface area contributed by atoms with E-state index in [2.05, 4.69) is 0 Å². The van der Waals surface area contributed by atoms with E-state index in [0.717, 1.165) is 16.7 Å². The zero-order chi connectivity index (χ0) is 22.4. The van der Waals surface area contributed by atoms with Gasteiger partial charge in [0.05, 0.1) is 12.6 Å². The van der Waals surface area contributed by atoms with Crippen LogP contribution < -0.4 is 0 Å². The number of rotatable bonds is 5. The molecule has 33 heavy (non-hydrogen) atoms. The first-order valence-corrected chi connectivity index (χ1v) is 11.2. The average Bonchev–Trinajstić information content (AvgIpc) is 3.56. The molecule has 0 aromatic heterocycles. The highest BCUT2D eigenvalue weighted by Gasteiger charge is 2.80. The highest BCUT2D eigenvalue weighted by atomic mass is 16.6. The highest BCUT2D eigenvalue weighted by molar-refractivity contribution is 5.99. The molecule has 6 heteroatoms. The first kappa shape index (κ1) is 20.0. The van der Waals surface area contributed by atoms with Crippen molar-refractivity contribution in [3.05, 3.63) is 108 Å². The molecule has 0 unspecified atom stereocenters. The Morgan fingerprint density at radius 1 is 0.909 bits per heavy atom. The summed E-state index contributed by atoms with van der Waals surface area (Å²) >= 11 is 0. The number of nitrogens with zero attached hydrogens (tertiary/aromatic N) is 2. The Bertz CT molecular complexity index is 1170. The van der Waals surface area contributed by atoms with Gasteiger partial charge in [-0.1, -0.05) is 91.0 Å². The maximum atomic E-state index is 13.8. The van der Waals surface area contributed by atoms with E-state index in [1.54, 1.807) is 4.90 Å². The maximum Gasteiger partial charge on any atom is 0.411 e. The Labute approximate surface area is 192 Å². The summed E-state index contributed by atoms with van der Waals surface area (Å²) in [5.74, 6) is -0.0816. The number of fused-ring (bicyclic) bond motifs is 2. The van der Waals surface area contributed by atoms with E-state index >= 15 is 0 Å². The zero-order valence-electron chi connectivity index (χ0n) is 18.0. The minimum absolute atomic E-state index is 0.0816. The van der Waals surface area contributed by atoms with Gasteiger partial charge in [0.25, 0.3) is 5.91 Å². The summed E-state index contributed by atoms with van der Waals surface area (Å²) in [5, 5.41) is 0. The molecule has 0 bridgehead atoms. The lowest BCUT2D eigenvalue weighted by Crippen LogP contribution is -2.76. The third kappa shape index (κ3) is 3.13. The van der Waals surface area contributed by atoms with Gasteiger partial charge in [-0.05, 0) is 16.7 Å². The molecule has 3 saturated heterocycles. The number of hydrogen-bond donors (Lipinski definition) is 0. The molecule has 166 valence electrons. The van der Waals surface area contributed by atoms with Crippen molar-refractivity contribution in [2.24, 2.45) is 0 Å². The standard InChI is InChI=1S/C27H24N2O4/c30-25-27(23(21-14-8-3-9-15-21)28(25)16-19-10-4-1-5-11-19)24-22(33-24)17-29(27)26(31)32-18-20-12-6-2-7-13-20/h1-15,22-24H,16-18H2/t22-,23+,24-,27+/m0/s1. The Kier molecular flexibility index (Phi) is 4.69. The van der Waals surface area contributed by atoms with Crippen molar-refractivity contribution in [1.29, 1.82) is 0 Å². The van der Waals surface area contributed by atoms with Crippen LogP contribution in [0.3, 0.4) is 0 Å². The molecule has 6 rings (SSSR count). The molecule has 0 radical (unpaired) electrons. The van der Waals surface area contributed by atoms with Crippen LogP contribution in [0.25, 0.3) is 0 Å². The fourth-order valence-corrected chi connectivity index (χ4v) is 5.36. The second-order valence-electron chi connectivity index (χ2n) is 8.80. The normalized spacial score (nSPS) is 27.3. The van der Waals surface area contributed by atoms with E-state index in [0.29, 0.717) is 13.1 Å². The summed E-state index contributed by atoms with van der Waals surface area (Å²) in [6.07, 6.45) is -0.891. The van der Waals surface area contributed by atoms with Gasteiger partial charge in [0.15, 0.2) is 5.54 Å². The van der Waals surface area contributed by atoms with Crippen LogP contribution in [0.4, 0.5) is 4.79 Å². The summed E-state index contributed by atoms with van der Waals surface area (Å²) in [4.78, 5) is 30.5. The lowest BCUT2D eigenvalue weighted by Gasteiger charge is -2.57. The van der Waals surface area contributed by atoms with Crippen molar-refractivity contribution in [1.82, 2.24) is 9.80 Å². The average molecular weight is 440 g/mol. The van der Waals surface area contributed by atoms with Crippen molar-refractivity contribution >= 4 is 12.0 Å². The Morgan fingerprint density at radius 3 is 2.18 bits per heavy atom. The number of carbonyl (C=O) groups excluding carboxylic acids is 2. The lowest BCUT2D eigenvalue weighted by molar-refractivity contribution is -0.180. The zero-order valence-corrected chi connectivity index (χ0v) is 18.0. The number of carbonyl (C=O) groups is 2. The van der Waals surface area contributed by atoms with Crippen molar-refractivity contribution in [2.75, 3.05) is 6.54 Å². The number of morpholine rings is 1. The van der Waals surface area contributed by atoms with Gasteiger partial charge < -0.3 is 14.4 Å². The first-order valence-electron chi connectivity index (χ1n) is 11.2. The molecule has 3 fully saturated rings. The third-order valence-electron chi connectivity index (χ3n) is 6.89. The van der Waals surface area contributed by atoms with Gasteiger partial charge in [-0.3, -0.25) is 9.69 Å². The van der Waals surface area contributed by atoms with Crippen LogP contribution in [0.15, 0.2) is 91.0 Å². The van der Waals surface area contributed by atoms with Gasteiger partial charge in [-0.25, -0.2) is 4.79 Å². The predicted octanol–water partition coefficient (Wildman–Crippen LogP) is 3.93. The maximum absolute atomic E-state index is 13.8. The van der Waals surface area contributed by atoms with E-state index < -0.39 is 11.6 Å². The third-order valence-corrected chi connectivity index (χ3v) is 6.89. The summed E-state index contributed by atoms with van der Waals surface area (Å²) in [7, 11) is 0. The van der Waals surface area contributed by atoms with E-state index in [-0.39, 0.29) is 30.8 Å². The van der Waals surface area contributed by atoms with Gasteiger partial charge in [0.1, 0.15) is 18.8 Å². The molecule has 0 saturated carbocycles. The topological polar surface area (TPSA) is 62.4 Å². The van der Waals surface area contributed by atoms with Gasteiger partial charge in [-0.15, -0.1) is 0 Å². The monoisotopic (exact) mass is 440 g/mol. The van der Waals surface area contributed by atoms with Gasteiger partial charge in [0, 0.05) is 6.54 Å². The molecular formula is C27H24N2O4. The van der Waals surface area contributed by atoms with Gasteiger partial charge in [0.2, 0.25) is 0 Å². The van der Waals surface area contributed by atoms with Crippen LogP contribution in [0.1, 0.15) is 22.7 Å². The molecular weight excluding hydrogens is 416 g/mol. The lowest BCUT2D eigenvalue weighted by atomic mass is 9.72. The largest absolute Gasteiger partial charge is 0.445 e. The van der Waals surface area contributed by atoms with E-state index in [1.165, 1.54) is 0 Å². The smallest absolute Gasteiger partial charge is 0.411 e. The number of epoxide rings is 1. The molecule has 2 amide bonds. The molecule has 3 aliphatic heterocycles. The number of benzene rings is 3. The quantitative estimate of drug-likeness (QED) is 0.446. The number of amides is 2. The Morgan fingerprint density at radius 2 is 1.52 bits per heavy atom. The van der Waals surface area contributed by atoms with Crippen LogP contribution in [0.2, 0.25) is 0 Å². The molecule has 3 heterocycles. The first-order chi connectivity index (χ1) is 16.2. The molecule has 3 aliphatic rings. The molecule has 0 aliphatic carbocycles. The number of likely N-dealkylation sites (tertiary alicyclic amines) is 2. The van der Waals surface area contributed by atoms with Crippen LogP contribution in [0.5, 0.6) is 0 Å². The number of hydrogen-bond acceptors (Lipinski definition) is 4. The number of β-lactam (4-membered cyclic amide) rings is 1. The summed E-state index contributed by atoms with van der Waals surface area (Å²) in [6, 6.07) is 29.1. The molecule has 1 spiro atoms. The SMILES string of the molecule is O=C(OCc1ccccc1)N1C[C@@H]2O[C@@H]2[C@]12C(=O)N(Cc1ccccc1)[C@@H]2c1ccccc1. The van der Waals surface area contributed by atoms with Crippen LogP contribution in [-0.4, -0.2) is 46.1 Å². The fraction of sp³-hybridized carbons (Fsp3) is 0.259. The van der Waals surface area contributed by atoms with Crippen molar-refractivity contribution in [2.45, 2.75) is 36.9 Å². The van der Waals surface area contributed by atoms with E-state index in [4.69, 9.17) is 9.47 Å². The van der Waals surface area contributed by atoms with Crippen LogP contribution in [-0.2, 0) is 27.4 Å². The van der Waals surface area contributed by atoms with Crippen LogP contribution >= 0.6 is 0 Å². The Hall–Kier alpha value is -3.64. The van der Waals surface area contributed by atoms with Crippen LogP contribution in [0, 0.1) is 0 Å². The summed E-state index contributed by atoms with van der Waals surface area (Å²) in [6.45, 7) is 1.01. The Balaban J connectivity index is 1.32. The molecule has 6 nitrogen and oxygen atoms in total. The van der Waals surface area contributed by atoms with E-state index in [9.17, 15) is 9.59 Å². The summed E-state index contributed by atoms with van der Waals surface area (Å²) < 4.78 is 11.5. The van der Waals surface area contributed by atoms with E-state index in [1.807, 2.05) is 95.9 Å². The fourth-order valence-electron chi connectivity index (χ4n) is 5.36. The van der Waals surface area contributed by atoms with Gasteiger partial charge in [-0.2, -0.15) is 0 Å². The second kappa shape index (κ2) is 7.74. The highest BCUT2D eigenvalue weighted by Crippen LogP contribution is 2.59. The molecule has 4 atom stereocenters. The molecule has 3 aromatic rings. The van der Waals surface area contributed by atoms with Gasteiger partial charge >= 0.3 is 6.09 Å². The predicted molar refractivity (Wildman–Crippen MR) is 121 cm³/mol. The number of ether oxygens (including phenoxy) is 2. The minimum Gasteiger partial charge on any atom is -0.445 e. The van der Waals surface area contributed by atoms with Crippen molar-refractivity contribution in [3.63, 3.8) is 0 Å².